The maximum Gasteiger partial charge on any atom is 0.163 e. The summed E-state index contributed by atoms with van der Waals surface area (Å²) in [5, 5.41) is 13.7. The molecule has 3 rings (SSSR count). The molecule has 0 aliphatic rings. The summed E-state index contributed by atoms with van der Waals surface area (Å²) in [6.45, 7) is 5.35. The molecular weight excluding hydrogens is 382 g/mol. The molecule has 156 valence electrons. The largest absolute Gasteiger partial charge is 0.493 e. The maximum atomic E-state index is 9.61. The van der Waals surface area contributed by atoms with Crippen LogP contribution in [-0.4, -0.2) is 32.4 Å². The molecule has 0 bridgehead atoms. The zero-order valence-electron chi connectivity index (χ0n) is 17.6. The fraction of sp³-hybridized carbons (Fsp3) is 0.304. The number of anilines is 1. The zero-order valence-corrected chi connectivity index (χ0v) is 17.6. The second kappa shape index (κ2) is 9.70. The summed E-state index contributed by atoms with van der Waals surface area (Å²) in [5.74, 6) is 3.09. The minimum Gasteiger partial charge on any atom is -0.493 e. The van der Waals surface area contributed by atoms with Crippen molar-refractivity contribution >= 4 is 16.7 Å². The second-order valence-corrected chi connectivity index (χ2v) is 6.40. The van der Waals surface area contributed by atoms with Crippen molar-refractivity contribution in [1.82, 2.24) is 4.98 Å². The summed E-state index contributed by atoms with van der Waals surface area (Å²) < 4.78 is 22.0. The van der Waals surface area contributed by atoms with E-state index in [9.17, 15) is 5.26 Å². The minimum atomic E-state index is 0.453. The van der Waals surface area contributed by atoms with Gasteiger partial charge in [-0.25, -0.2) is 4.98 Å². The topological polar surface area (TPSA) is 85.6 Å². The van der Waals surface area contributed by atoms with E-state index in [1.165, 1.54) is 0 Å². The number of benzene rings is 2. The lowest BCUT2D eigenvalue weighted by atomic mass is 10.1. The Bertz CT molecular complexity index is 1080. The molecule has 7 heteroatoms. The van der Waals surface area contributed by atoms with Crippen molar-refractivity contribution in [3.05, 3.63) is 47.5 Å². The van der Waals surface area contributed by atoms with Gasteiger partial charge in [-0.3, -0.25) is 0 Å². The Morgan fingerprint density at radius 3 is 2.23 bits per heavy atom. The number of hydrogen-bond donors (Lipinski definition) is 1. The molecular formula is C23H25N3O4. The van der Waals surface area contributed by atoms with Crippen LogP contribution in [0.2, 0.25) is 0 Å². The average molecular weight is 407 g/mol. The molecule has 1 heterocycles. The van der Waals surface area contributed by atoms with Gasteiger partial charge in [0.25, 0.3) is 0 Å². The third-order valence-electron chi connectivity index (χ3n) is 4.51. The van der Waals surface area contributed by atoms with Gasteiger partial charge in [0, 0.05) is 18.0 Å². The van der Waals surface area contributed by atoms with Gasteiger partial charge in [0.2, 0.25) is 0 Å². The Balaban J connectivity index is 1.93. The van der Waals surface area contributed by atoms with Gasteiger partial charge in [-0.05, 0) is 43.7 Å². The Morgan fingerprint density at radius 2 is 1.60 bits per heavy atom. The van der Waals surface area contributed by atoms with Gasteiger partial charge in [0.1, 0.15) is 11.9 Å². The molecule has 0 amide bonds. The number of fused-ring (bicyclic) bond motifs is 1. The Morgan fingerprint density at radius 1 is 0.900 bits per heavy atom. The van der Waals surface area contributed by atoms with Crippen LogP contribution < -0.4 is 24.3 Å². The van der Waals surface area contributed by atoms with Gasteiger partial charge in [-0.15, -0.1) is 0 Å². The van der Waals surface area contributed by atoms with E-state index in [0.29, 0.717) is 54.1 Å². The number of nitrogens with zero attached hydrogens (tertiary/aromatic N) is 2. The number of pyridine rings is 1. The van der Waals surface area contributed by atoms with E-state index in [4.69, 9.17) is 18.9 Å². The number of rotatable bonds is 9. The zero-order chi connectivity index (χ0) is 21.5. The molecule has 7 nitrogen and oxygen atoms in total. The van der Waals surface area contributed by atoms with Crippen LogP contribution >= 0.6 is 0 Å². The number of nitriles is 1. The van der Waals surface area contributed by atoms with Gasteiger partial charge in [-0.2, -0.15) is 5.26 Å². The molecule has 30 heavy (non-hydrogen) atoms. The third-order valence-corrected chi connectivity index (χ3v) is 4.51. The first-order chi connectivity index (χ1) is 14.6. The lowest BCUT2D eigenvalue weighted by Crippen LogP contribution is -2.05. The van der Waals surface area contributed by atoms with E-state index in [-0.39, 0.29) is 0 Å². The average Bonchev–Trinajstić information content (AvgIpc) is 2.77. The van der Waals surface area contributed by atoms with Gasteiger partial charge in [0.15, 0.2) is 23.0 Å². The van der Waals surface area contributed by atoms with Crippen LogP contribution in [0.3, 0.4) is 0 Å². The lowest BCUT2D eigenvalue weighted by Gasteiger charge is -2.14. The van der Waals surface area contributed by atoms with Crippen LogP contribution in [0.25, 0.3) is 10.9 Å². The lowest BCUT2D eigenvalue weighted by molar-refractivity contribution is 0.288. The van der Waals surface area contributed by atoms with E-state index in [1.807, 2.05) is 44.2 Å². The van der Waals surface area contributed by atoms with Crippen LogP contribution in [0.5, 0.6) is 23.0 Å². The summed E-state index contributed by atoms with van der Waals surface area (Å²) >= 11 is 0. The van der Waals surface area contributed by atoms with Gasteiger partial charge in [-0.1, -0.05) is 6.07 Å². The molecule has 0 aliphatic heterocycles. The molecule has 1 aromatic heterocycles. The number of ether oxygens (including phenoxy) is 4. The molecule has 0 radical (unpaired) electrons. The van der Waals surface area contributed by atoms with Crippen molar-refractivity contribution in [2.24, 2.45) is 0 Å². The highest BCUT2D eigenvalue weighted by Gasteiger charge is 2.13. The van der Waals surface area contributed by atoms with Gasteiger partial charge in [0.05, 0.1) is 38.5 Å². The van der Waals surface area contributed by atoms with E-state index in [1.54, 1.807) is 20.3 Å². The molecule has 0 aliphatic carbocycles. The SMILES string of the molecule is CCOc1cc2cc(C#N)c(NCc3ccc(OC)c(OC)c3)nc2cc1OCC. The van der Waals surface area contributed by atoms with Gasteiger partial charge < -0.3 is 24.3 Å². The molecule has 0 saturated heterocycles. The maximum absolute atomic E-state index is 9.61. The van der Waals surface area contributed by atoms with E-state index in [0.717, 1.165) is 16.5 Å². The number of aromatic nitrogens is 1. The van der Waals surface area contributed by atoms with Crippen molar-refractivity contribution in [1.29, 1.82) is 5.26 Å². The highest BCUT2D eigenvalue weighted by Crippen LogP contribution is 2.34. The van der Waals surface area contributed by atoms with Crippen LogP contribution in [0.4, 0.5) is 5.82 Å². The standard InChI is InChI=1S/C23H25N3O4/c1-5-29-21-11-16-10-17(13-24)23(26-18(16)12-22(21)30-6-2)25-14-15-7-8-19(27-3)20(9-15)28-4/h7-12H,5-6,14H2,1-4H3,(H,25,26). The van der Waals surface area contributed by atoms with Crippen LogP contribution in [0.15, 0.2) is 36.4 Å². The second-order valence-electron chi connectivity index (χ2n) is 6.40. The molecule has 0 saturated carbocycles. The summed E-state index contributed by atoms with van der Waals surface area (Å²) in [6.07, 6.45) is 0. The Hall–Kier alpha value is -3.66. The van der Waals surface area contributed by atoms with Gasteiger partial charge >= 0.3 is 0 Å². The third kappa shape index (κ3) is 4.49. The number of hydrogen-bond acceptors (Lipinski definition) is 7. The predicted molar refractivity (Wildman–Crippen MR) is 116 cm³/mol. The molecule has 0 unspecified atom stereocenters. The smallest absolute Gasteiger partial charge is 0.163 e. The molecule has 1 N–H and O–H groups in total. The minimum absolute atomic E-state index is 0.453. The Labute approximate surface area is 176 Å². The monoisotopic (exact) mass is 407 g/mol. The molecule has 3 aromatic rings. The van der Waals surface area contributed by atoms with E-state index < -0.39 is 0 Å². The van der Waals surface area contributed by atoms with Crippen molar-refractivity contribution in [3.8, 4) is 29.1 Å². The predicted octanol–water partition coefficient (Wildman–Crippen LogP) is 4.53. The highest BCUT2D eigenvalue weighted by molar-refractivity contribution is 5.86. The normalized spacial score (nSPS) is 10.4. The van der Waals surface area contributed by atoms with Crippen LogP contribution in [0, 0.1) is 11.3 Å². The summed E-state index contributed by atoms with van der Waals surface area (Å²) in [7, 11) is 3.20. The summed E-state index contributed by atoms with van der Waals surface area (Å²) in [5.41, 5.74) is 2.14. The molecule has 0 atom stereocenters. The van der Waals surface area contributed by atoms with E-state index >= 15 is 0 Å². The molecule has 0 spiro atoms. The fourth-order valence-electron chi connectivity index (χ4n) is 3.11. The molecule has 0 fully saturated rings. The Kier molecular flexibility index (Phi) is 6.81. The first kappa shape index (κ1) is 21.1. The van der Waals surface area contributed by atoms with Crippen molar-refractivity contribution < 1.29 is 18.9 Å². The first-order valence-electron chi connectivity index (χ1n) is 9.72. The number of nitrogens with one attached hydrogen (secondary N) is 1. The van der Waals surface area contributed by atoms with Crippen molar-refractivity contribution in [2.45, 2.75) is 20.4 Å². The highest BCUT2D eigenvalue weighted by atomic mass is 16.5. The first-order valence-corrected chi connectivity index (χ1v) is 9.72. The van der Waals surface area contributed by atoms with E-state index in [2.05, 4.69) is 16.4 Å². The molecule has 2 aromatic carbocycles. The number of methoxy groups -OCH3 is 2. The quantitative estimate of drug-likeness (QED) is 0.557. The summed E-state index contributed by atoms with van der Waals surface area (Å²) in [4.78, 5) is 4.66. The summed E-state index contributed by atoms with van der Waals surface area (Å²) in [6, 6.07) is 13.4. The van der Waals surface area contributed by atoms with Crippen molar-refractivity contribution in [3.63, 3.8) is 0 Å². The fourth-order valence-corrected chi connectivity index (χ4v) is 3.11. The van der Waals surface area contributed by atoms with Crippen molar-refractivity contribution in [2.75, 3.05) is 32.8 Å². The van der Waals surface area contributed by atoms with Crippen LogP contribution in [0.1, 0.15) is 25.0 Å². The van der Waals surface area contributed by atoms with Crippen LogP contribution in [-0.2, 0) is 6.54 Å².